The van der Waals surface area contributed by atoms with Crippen molar-refractivity contribution in [3.8, 4) is 0 Å². The number of aromatic nitrogens is 2. The standard InChI is InChI=1S/C13H13N5OS2/c1-2-15-12-17-10(14)9(21-12)11(19)18-13-16-7-5-3-4-6-8(7)20-13/h3-6H,2,14H2,1H3,(H,15,17)(H,16,18,19). The number of nitrogen functional groups attached to an aromatic ring is 1. The van der Waals surface area contributed by atoms with Crippen LogP contribution in [0.1, 0.15) is 16.6 Å². The van der Waals surface area contributed by atoms with Gasteiger partial charge in [0.25, 0.3) is 5.91 Å². The summed E-state index contributed by atoms with van der Waals surface area (Å²) in [5.41, 5.74) is 6.65. The number of nitrogens with zero attached hydrogens (tertiary/aromatic N) is 2. The normalized spacial score (nSPS) is 10.7. The maximum absolute atomic E-state index is 12.2. The lowest BCUT2D eigenvalue weighted by molar-refractivity contribution is 0.103. The number of anilines is 3. The number of carbonyl (C=O) groups excluding carboxylic acids is 1. The zero-order valence-electron chi connectivity index (χ0n) is 11.2. The number of nitrogens with two attached hydrogens (primary N) is 1. The molecule has 1 aromatic carbocycles. The smallest absolute Gasteiger partial charge is 0.271 e. The van der Waals surface area contributed by atoms with Crippen LogP contribution in [0, 0.1) is 0 Å². The molecule has 1 amide bonds. The SMILES string of the molecule is CCNc1nc(N)c(C(=O)Nc2nc3ccccc3s2)s1. The third-order valence-electron chi connectivity index (χ3n) is 2.70. The molecule has 4 N–H and O–H groups in total. The monoisotopic (exact) mass is 319 g/mol. The van der Waals surface area contributed by atoms with Crippen LogP contribution in [0.25, 0.3) is 10.2 Å². The fraction of sp³-hybridized carbons (Fsp3) is 0.154. The van der Waals surface area contributed by atoms with Crippen LogP contribution in [0.4, 0.5) is 16.1 Å². The molecule has 8 heteroatoms. The van der Waals surface area contributed by atoms with Gasteiger partial charge in [0, 0.05) is 6.54 Å². The topological polar surface area (TPSA) is 92.9 Å². The lowest BCUT2D eigenvalue weighted by Crippen LogP contribution is -2.11. The summed E-state index contributed by atoms with van der Waals surface area (Å²) >= 11 is 2.66. The molecule has 3 rings (SSSR count). The molecular formula is C13H13N5OS2. The van der Waals surface area contributed by atoms with Gasteiger partial charge in [0.1, 0.15) is 10.7 Å². The molecule has 0 unspecified atom stereocenters. The minimum Gasteiger partial charge on any atom is -0.382 e. The van der Waals surface area contributed by atoms with Gasteiger partial charge in [-0.2, -0.15) is 0 Å². The first kappa shape index (κ1) is 13.8. The molecule has 0 aliphatic rings. The number of hydrogen-bond donors (Lipinski definition) is 3. The third-order valence-corrected chi connectivity index (χ3v) is 4.68. The van der Waals surface area contributed by atoms with Crippen molar-refractivity contribution >= 4 is 54.9 Å². The average molecular weight is 319 g/mol. The van der Waals surface area contributed by atoms with Crippen LogP contribution in [0.5, 0.6) is 0 Å². The molecule has 0 radical (unpaired) electrons. The molecule has 0 fully saturated rings. The number of carbonyl (C=O) groups is 1. The molecule has 2 heterocycles. The second-order valence-corrected chi connectivity index (χ2v) is 6.23. The van der Waals surface area contributed by atoms with Gasteiger partial charge in [-0.05, 0) is 19.1 Å². The highest BCUT2D eigenvalue weighted by molar-refractivity contribution is 7.22. The Kier molecular flexibility index (Phi) is 3.72. The van der Waals surface area contributed by atoms with E-state index in [2.05, 4.69) is 20.6 Å². The van der Waals surface area contributed by atoms with Crippen molar-refractivity contribution in [3.05, 3.63) is 29.1 Å². The van der Waals surface area contributed by atoms with E-state index in [0.29, 0.717) is 15.1 Å². The summed E-state index contributed by atoms with van der Waals surface area (Å²) in [5.74, 6) is -0.0530. The molecule has 21 heavy (non-hydrogen) atoms. The van der Waals surface area contributed by atoms with Crippen LogP contribution >= 0.6 is 22.7 Å². The van der Waals surface area contributed by atoms with Crippen LogP contribution in [-0.2, 0) is 0 Å². The summed E-state index contributed by atoms with van der Waals surface area (Å²) < 4.78 is 1.03. The average Bonchev–Trinajstić information content (AvgIpc) is 3.02. The predicted molar refractivity (Wildman–Crippen MR) is 88.3 cm³/mol. The molecule has 0 atom stereocenters. The van der Waals surface area contributed by atoms with Gasteiger partial charge in [-0.3, -0.25) is 10.1 Å². The lowest BCUT2D eigenvalue weighted by atomic mass is 10.3. The van der Waals surface area contributed by atoms with Crippen molar-refractivity contribution in [2.45, 2.75) is 6.92 Å². The molecule has 0 aliphatic carbocycles. The quantitative estimate of drug-likeness (QED) is 0.687. The Morgan fingerprint density at radius 1 is 1.24 bits per heavy atom. The van der Waals surface area contributed by atoms with Crippen molar-refractivity contribution in [1.29, 1.82) is 0 Å². The van der Waals surface area contributed by atoms with Crippen LogP contribution in [0.15, 0.2) is 24.3 Å². The Balaban J connectivity index is 1.82. The highest BCUT2D eigenvalue weighted by Crippen LogP contribution is 2.28. The Morgan fingerprint density at radius 3 is 2.81 bits per heavy atom. The van der Waals surface area contributed by atoms with Crippen molar-refractivity contribution in [2.24, 2.45) is 0 Å². The van der Waals surface area contributed by atoms with E-state index >= 15 is 0 Å². The van der Waals surface area contributed by atoms with Crippen molar-refractivity contribution in [1.82, 2.24) is 9.97 Å². The van der Waals surface area contributed by atoms with E-state index in [9.17, 15) is 4.79 Å². The van der Waals surface area contributed by atoms with Crippen LogP contribution in [0.2, 0.25) is 0 Å². The maximum atomic E-state index is 12.2. The summed E-state index contributed by atoms with van der Waals surface area (Å²) in [7, 11) is 0. The maximum Gasteiger partial charge on any atom is 0.271 e. The highest BCUT2D eigenvalue weighted by atomic mass is 32.1. The highest BCUT2D eigenvalue weighted by Gasteiger charge is 2.17. The number of thiazole rings is 2. The molecule has 3 aromatic rings. The van der Waals surface area contributed by atoms with Crippen LogP contribution in [0.3, 0.4) is 0 Å². The Morgan fingerprint density at radius 2 is 2.05 bits per heavy atom. The van der Waals surface area contributed by atoms with E-state index in [1.54, 1.807) is 0 Å². The Labute approximate surface area is 129 Å². The van der Waals surface area contributed by atoms with Gasteiger partial charge in [0.2, 0.25) is 0 Å². The van der Waals surface area contributed by atoms with E-state index in [4.69, 9.17) is 5.73 Å². The number of hydrogen-bond acceptors (Lipinski definition) is 7. The molecule has 0 saturated heterocycles. The van der Waals surface area contributed by atoms with Gasteiger partial charge >= 0.3 is 0 Å². The van der Waals surface area contributed by atoms with E-state index < -0.39 is 0 Å². The van der Waals surface area contributed by atoms with Crippen LogP contribution < -0.4 is 16.4 Å². The van der Waals surface area contributed by atoms with Gasteiger partial charge in [-0.1, -0.05) is 34.8 Å². The van der Waals surface area contributed by atoms with Crippen LogP contribution in [-0.4, -0.2) is 22.4 Å². The third kappa shape index (κ3) is 2.81. The summed E-state index contributed by atoms with van der Waals surface area (Å²) in [6.07, 6.45) is 0. The molecule has 6 nitrogen and oxygen atoms in total. The first-order chi connectivity index (χ1) is 10.2. The van der Waals surface area contributed by atoms with Crippen molar-refractivity contribution in [3.63, 3.8) is 0 Å². The number of fused-ring (bicyclic) bond motifs is 1. The number of benzene rings is 1. The minimum atomic E-state index is -0.284. The summed E-state index contributed by atoms with van der Waals surface area (Å²) in [5, 5.41) is 7.02. The first-order valence-electron chi connectivity index (χ1n) is 6.34. The van der Waals surface area contributed by atoms with E-state index in [1.807, 2.05) is 31.2 Å². The second kappa shape index (κ2) is 5.66. The van der Waals surface area contributed by atoms with Gasteiger partial charge in [-0.15, -0.1) is 0 Å². The summed E-state index contributed by atoms with van der Waals surface area (Å²) in [4.78, 5) is 21.1. The minimum absolute atomic E-state index is 0.231. The Hall–Kier alpha value is -2.19. The van der Waals surface area contributed by atoms with Gasteiger partial charge in [0.05, 0.1) is 10.2 Å². The number of para-hydroxylation sites is 1. The van der Waals surface area contributed by atoms with Crippen molar-refractivity contribution < 1.29 is 4.79 Å². The van der Waals surface area contributed by atoms with E-state index in [-0.39, 0.29) is 11.7 Å². The van der Waals surface area contributed by atoms with Gasteiger partial charge in [-0.25, -0.2) is 9.97 Å². The molecule has 0 saturated carbocycles. The fourth-order valence-corrected chi connectivity index (χ4v) is 3.51. The second-order valence-electron chi connectivity index (χ2n) is 4.20. The molecule has 2 aromatic heterocycles. The Bertz CT molecular complexity index is 762. The largest absolute Gasteiger partial charge is 0.382 e. The molecule has 108 valence electrons. The first-order valence-corrected chi connectivity index (χ1v) is 7.97. The number of rotatable bonds is 4. The van der Waals surface area contributed by atoms with E-state index in [1.165, 1.54) is 22.7 Å². The zero-order valence-corrected chi connectivity index (χ0v) is 12.8. The van der Waals surface area contributed by atoms with Gasteiger partial charge < -0.3 is 11.1 Å². The molecular weight excluding hydrogens is 306 g/mol. The number of amides is 1. The van der Waals surface area contributed by atoms with Gasteiger partial charge in [0.15, 0.2) is 10.3 Å². The van der Waals surface area contributed by atoms with Crippen molar-refractivity contribution in [2.75, 3.05) is 22.9 Å². The van der Waals surface area contributed by atoms with E-state index in [0.717, 1.165) is 16.8 Å². The predicted octanol–water partition coefficient (Wildman–Crippen LogP) is 3.02. The summed E-state index contributed by atoms with van der Waals surface area (Å²) in [6.45, 7) is 2.68. The lowest BCUT2D eigenvalue weighted by Gasteiger charge is -1.98. The zero-order chi connectivity index (χ0) is 14.8. The summed E-state index contributed by atoms with van der Waals surface area (Å²) in [6, 6.07) is 7.73. The number of nitrogens with one attached hydrogen (secondary N) is 2. The molecule has 0 spiro atoms. The molecule has 0 aliphatic heterocycles. The molecule has 0 bridgehead atoms. The fourth-order valence-electron chi connectivity index (χ4n) is 1.80.